The number of hydrogen-bond donors (Lipinski definition) is 3. The molecule has 0 radical (unpaired) electrons. The number of benzene rings is 1. The Kier molecular flexibility index (Phi) is 5.55. The van der Waals surface area contributed by atoms with Crippen molar-refractivity contribution in [3.8, 4) is 0 Å². The summed E-state index contributed by atoms with van der Waals surface area (Å²) in [4.78, 5) is 12.3. The number of hydrogen-bond acceptors (Lipinski definition) is 3. The molecular formula is C15H23N3O2. The van der Waals surface area contributed by atoms with Crippen LogP contribution in [0, 0.1) is 5.41 Å². The third-order valence-corrected chi connectivity index (χ3v) is 3.50. The van der Waals surface area contributed by atoms with Crippen LogP contribution in [0.4, 0.5) is 0 Å². The second-order valence-electron chi connectivity index (χ2n) is 5.60. The number of nitrogens with zero attached hydrogens (tertiary/aromatic N) is 1. The van der Waals surface area contributed by atoms with Gasteiger partial charge in [0.05, 0.1) is 0 Å². The third kappa shape index (κ3) is 4.26. The van der Waals surface area contributed by atoms with Crippen molar-refractivity contribution in [3.63, 3.8) is 0 Å². The van der Waals surface area contributed by atoms with Gasteiger partial charge in [0.2, 0.25) is 5.91 Å². The molecule has 0 fully saturated rings. The van der Waals surface area contributed by atoms with E-state index in [0.29, 0.717) is 12.1 Å². The Balaban J connectivity index is 2.88. The molecule has 110 valence electrons. The molecule has 0 bridgehead atoms. The van der Waals surface area contributed by atoms with Crippen molar-refractivity contribution in [1.29, 1.82) is 0 Å². The Morgan fingerprint density at radius 1 is 1.40 bits per heavy atom. The van der Waals surface area contributed by atoms with Gasteiger partial charge < -0.3 is 16.3 Å². The van der Waals surface area contributed by atoms with E-state index in [9.17, 15) is 4.79 Å². The summed E-state index contributed by atoms with van der Waals surface area (Å²) in [6.07, 6.45) is 0.951. The Morgan fingerprint density at radius 3 is 2.50 bits per heavy atom. The van der Waals surface area contributed by atoms with E-state index in [4.69, 9.17) is 10.9 Å². The second kappa shape index (κ2) is 6.93. The van der Waals surface area contributed by atoms with Gasteiger partial charge in [0.15, 0.2) is 5.84 Å². The van der Waals surface area contributed by atoms with E-state index in [1.165, 1.54) is 0 Å². The Labute approximate surface area is 119 Å². The highest BCUT2D eigenvalue weighted by Crippen LogP contribution is 2.20. The van der Waals surface area contributed by atoms with Crippen molar-refractivity contribution in [2.24, 2.45) is 16.3 Å². The number of carbonyl (C=O) groups is 1. The summed E-state index contributed by atoms with van der Waals surface area (Å²) in [5, 5.41) is 14.7. The molecule has 0 aliphatic carbocycles. The van der Waals surface area contributed by atoms with Crippen molar-refractivity contribution in [2.75, 3.05) is 6.54 Å². The Bertz CT molecular complexity index is 469. The van der Waals surface area contributed by atoms with Crippen LogP contribution in [0.15, 0.2) is 35.5 Å². The molecule has 1 aromatic rings. The first kappa shape index (κ1) is 16.0. The smallest absolute Gasteiger partial charge is 0.235 e. The standard InChI is InChI=1S/C15H23N3O2/c1-4-15(2,3)10-17-14(19)12(13(16)18-20)11-8-6-5-7-9-11/h5-9,12,20H,4,10H2,1-3H3,(H2,16,18)(H,17,19). The van der Waals surface area contributed by atoms with Crippen molar-refractivity contribution in [3.05, 3.63) is 35.9 Å². The molecule has 0 saturated carbocycles. The number of nitrogens with one attached hydrogen (secondary N) is 1. The van der Waals surface area contributed by atoms with E-state index in [1.54, 1.807) is 12.1 Å². The molecule has 1 atom stereocenters. The lowest BCUT2D eigenvalue weighted by molar-refractivity contribution is -0.121. The summed E-state index contributed by atoms with van der Waals surface area (Å²) >= 11 is 0. The quantitative estimate of drug-likeness (QED) is 0.322. The zero-order chi connectivity index (χ0) is 15.2. The summed E-state index contributed by atoms with van der Waals surface area (Å²) in [5.41, 5.74) is 6.38. The van der Waals surface area contributed by atoms with Crippen LogP contribution < -0.4 is 11.1 Å². The first-order valence-electron chi connectivity index (χ1n) is 6.71. The van der Waals surface area contributed by atoms with Gasteiger partial charge in [-0.15, -0.1) is 0 Å². The van der Waals surface area contributed by atoms with Crippen LogP contribution >= 0.6 is 0 Å². The molecule has 1 amide bonds. The summed E-state index contributed by atoms with van der Waals surface area (Å²) in [6.45, 7) is 6.78. The summed E-state index contributed by atoms with van der Waals surface area (Å²) in [5.74, 6) is -1.13. The van der Waals surface area contributed by atoms with Crippen LogP contribution in [0.1, 0.15) is 38.7 Å². The number of nitrogens with two attached hydrogens (primary N) is 1. The lowest BCUT2D eigenvalue weighted by Crippen LogP contribution is -2.41. The zero-order valence-corrected chi connectivity index (χ0v) is 12.3. The highest BCUT2D eigenvalue weighted by Gasteiger charge is 2.26. The molecule has 1 unspecified atom stereocenters. The van der Waals surface area contributed by atoms with Gasteiger partial charge in [-0.1, -0.05) is 56.3 Å². The maximum absolute atomic E-state index is 12.3. The van der Waals surface area contributed by atoms with Gasteiger partial charge in [-0.25, -0.2) is 0 Å². The number of carbonyl (C=O) groups excluding carboxylic acids is 1. The first-order chi connectivity index (χ1) is 9.41. The Hall–Kier alpha value is -2.04. The molecule has 0 aromatic heterocycles. The topological polar surface area (TPSA) is 87.7 Å². The van der Waals surface area contributed by atoms with Gasteiger partial charge >= 0.3 is 0 Å². The van der Waals surface area contributed by atoms with E-state index >= 15 is 0 Å². The van der Waals surface area contributed by atoms with Crippen LogP contribution in [0.3, 0.4) is 0 Å². The largest absolute Gasteiger partial charge is 0.409 e. The van der Waals surface area contributed by atoms with E-state index in [2.05, 4.69) is 31.2 Å². The predicted molar refractivity (Wildman–Crippen MR) is 79.7 cm³/mol. The zero-order valence-electron chi connectivity index (χ0n) is 12.3. The van der Waals surface area contributed by atoms with Crippen LogP contribution in [-0.4, -0.2) is 23.5 Å². The monoisotopic (exact) mass is 277 g/mol. The highest BCUT2D eigenvalue weighted by atomic mass is 16.4. The maximum Gasteiger partial charge on any atom is 0.235 e. The Morgan fingerprint density at radius 2 is 2.00 bits per heavy atom. The third-order valence-electron chi connectivity index (χ3n) is 3.50. The number of amidine groups is 1. The molecule has 0 aliphatic heterocycles. The van der Waals surface area contributed by atoms with E-state index < -0.39 is 5.92 Å². The molecule has 0 heterocycles. The van der Waals surface area contributed by atoms with E-state index in [0.717, 1.165) is 6.42 Å². The molecule has 4 N–H and O–H groups in total. The summed E-state index contributed by atoms with van der Waals surface area (Å²) in [6, 6.07) is 9.05. The minimum Gasteiger partial charge on any atom is -0.409 e. The summed E-state index contributed by atoms with van der Waals surface area (Å²) in [7, 11) is 0. The minimum absolute atomic E-state index is 0.0159. The highest BCUT2D eigenvalue weighted by molar-refractivity contribution is 6.07. The van der Waals surface area contributed by atoms with Gasteiger partial charge in [-0.3, -0.25) is 4.79 Å². The van der Waals surface area contributed by atoms with Crippen molar-refractivity contribution < 1.29 is 10.0 Å². The number of amides is 1. The van der Waals surface area contributed by atoms with Crippen LogP contribution in [0.2, 0.25) is 0 Å². The molecule has 0 aliphatic rings. The van der Waals surface area contributed by atoms with Gasteiger partial charge in [-0.2, -0.15) is 0 Å². The normalized spacial score (nSPS) is 13.8. The van der Waals surface area contributed by atoms with Crippen molar-refractivity contribution in [2.45, 2.75) is 33.1 Å². The fraction of sp³-hybridized carbons (Fsp3) is 0.467. The van der Waals surface area contributed by atoms with E-state index in [-0.39, 0.29) is 17.2 Å². The van der Waals surface area contributed by atoms with Gasteiger partial charge in [0.1, 0.15) is 5.92 Å². The average Bonchev–Trinajstić information content (AvgIpc) is 2.46. The molecule has 5 nitrogen and oxygen atoms in total. The minimum atomic E-state index is -0.770. The molecule has 1 rings (SSSR count). The SMILES string of the molecule is CCC(C)(C)CNC(=O)C(/C(N)=N/O)c1ccccc1. The van der Waals surface area contributed by atoms with Gasteiger partial charge in [0, 0.05) is 6.54 Å². The van der Waals surface area contributed by atoms with Crippen molar-refractivity contribution >= 4 is 11.7 Å². The lowest BCUT2D eigenvalue weighted by Gasteiger charge is -2.24. The number of rotatable bonds is 6. The molecule has 0 spiro atoms. The average molecular weight is 277 g/mol. The molecular weight excluding hydrogens is 254 g/mol. The summed E-state index contributed by atoms with van der Waals surface area (Å²) < 4.78 is 0. The van der Waals surface area contributed by atoms with Gasteiger partial charge in [-0.05, 0) is 17.4 Å². The van der Waals surface area contributed by atoms with Gasteiger partial charge in [0.25, 0.3) is 0 Å². The van der Waals surface area contributed by atoms with E-state index in [1.807, 2.05) is 18.2 Å². The fourth-order valence-corrected chi connectivity index (χ4v) is 1.71. The van der Waals surface area contributed by atoms with Crippen LogP contribution in [-0.2, 0) is 4.79 Å². The molecule has 1 aromatic carbocycles. The second-order valence-corrected chi connectivity index (χ2v) is 5.60. The molecule has 0 saturated heterocycles. The first-order valence-corrected chi connectivity index (χ1v) is 6.71. The lowest BCUT2D eigenvalue weighted by atomic mass is 9.89. The maximum atomic E-state index is 12.3. The number of oxime groups is 1. The predicted octanol–water partition coefficient (Wildman–Crippen LogP) is 2.07. The van der Waals surface area contributed by atoms with Crippen LogP contribution in [0.25, 0.3) is 0 Å². The molecule has 5 heteroatoms. The fourth-order valence-electron chi connectivity index (χ4n) is 1.71. The van der Waals surface area contributed by atoms with Crippen molar-refractivity contribution in [1.82, 2.24) is 5.32 Å². The van der Waals surface area contributed by atoms with Crippen LogP contribution in [0.5, 0.6) is 0 Å². The molecule has 20 heavy (non-hydrogen) atoms.